The van der Waals surface area contributed by atoms with Gasteiger partial charge in [0, 0.05) is 25.9 Å². The third-order valence-electron chi connectivity index (χ3n) is 11.7. The molecule has 0 spiro atoms. The van der Waals surface area contributed by atoms with Crippen LogP contribution in [-0.2, 0) is 5.41 Å². The van der Waals surface area contributed by atoms with E-state index in [2.05, 4.69) is 229 Å². The Kier molecular flexibility index (Phi) is 7.98. The summed E-state index contributed by atoms with van der Waals surface area (Å²) in [5.41, 5.74) is 15.1. The number of hydrogen-bond donors (Lipinski definition) is 0. The third-order valence-corrected chi connectivity index (χ3v) is 12.9. The molecule has 0 N–H and O–H groups in total. The molecule has 1 aromatic heterocycles. The lowest BCUT2D eigenvalue weighted by atomic mass is 9.62. The standard InChI is InChI=1S/C55H37NS/c1-4-15-38(16-5-1)39-27-31-46(32-28-39)56-51-25-12-11-24-49(51)55(44-19-6-2-7-20-44,45-21-8-3-9-22-45)50-37-43(29-33-52(50)56)41-18-14-17-40(35-41)42-30-34-54-48(36-42)47-23-10-13-26-53(47)57-54/h1-37H. The van der Waals surface area contributed by atoms with Crippen molar-refractivity contribution in [3.8, 4) is 33.4 Å². The lowest BCUT2D eigenvalue weighted by Crippen LogP contribution is -2.37. The molecule has 0 radical (unpaired) electrons. The Balaban J connectivity index is 1.13. The van der Waals surface area contributed by atoms with Crippen LogP contribution in [0.2, 0.25) is 0 Å². The fourth-order valence-electron chi connectivity index (χ4n) is 9.13. The average molecular weight is 744 g/mol. The minimum atomic E-state index is -0.576. The first kappa shape index (κ1) is 33.3. The van der Waals surface area contributed by atoms with Gasteiger partial charge in [-0.1, -0.05) is 170 Å². The van der Waals surface area contributed by atoms with E-state index < -0.39 is 5.41 Å². The van der Waals surface area contributed by atoms with Crippen LogP contribution in [0, 0.1) is 0 Å². The Hall–Kier alpha value is -7.00. The van der Waals surface area contributed by atoms with Gasteiger partial charge in [0.25, 0.3) is 0 Å². The van der Waals surface area contributed by atoms with Crippen LogP contribution >= 0.6 is 11.3 Å². The van der Waals surface area contributed by atoms with E-state index >= 15 is 0 Å². The highest BCUT2D eigenvalue weighted by Gasteiger charge is 2.46. The van der Waals surface area contributed by atoms with Gasteiger partial charge in [-0.25, -0.2) is 0 Å². The zero-order valence-corrected chi connectivity index (χ0v) is 32.0. The molecule has 10 aromatic rings. The molecule has 0 atom stereocenters. The molecule has 0 bridgehead atoms. The van der Waals surface area contributed by atoms with Gasteiger partial charge in [-0.3, -0.25) is 0 Å². The van der Waals surface area contributed by atoms with Gasteiger partial charge in [0.2, 0.25) is 0 Å². The van der Waals surface area contributed by atoms with Gasteiger partial charge >= 0.3 is 0 Å². The van der Waals surface area contributed by atoms with E-state index in [1.54, 1.807) is 0 Å². The van der Waals surface area contributed by atoms with Crippen molar-refractivity contribution in [3.05, 3.63) is 247 Å². The first-order valence-electron chi connectivity index (χ1n) is 19.6. The second kappa shape index (κ2) is 13.6. The van der Waals surface area contributed by atoms with E-state index in [1.807, 2.05) is 11.3 Å². The number of fused-ring (bicyclic) bond motifs is 5. The SMILES string of the molecule is c1ccc(-c2ccc(N3c4ccccc4C(c4ccccc4)(c4ccccc4)c4cc(-c5cccc(-c6ccc7sc8ccccc8c7c6)c5)ccc43)cc2)cc1. The number of anilines is 3. The van der Waals surface area contributed by atoms with E-state index in [9.17, 15) is 0 Å². The van der Waals surface area contributed by atoms with Crippen LogP contribution in [0.15, 0.2) is 224 Å². The molecule has 1 aliphatic rings. The number of thiophene rings is 1. The molecular formula is C55H37NS. The van der Waals surface area contributed by atoms with Gasteiger partial charge in [-0.05, 0) is 110 Å². The molecule has 2 heteroatoms. The summed E-state index contributed by atoms with van der Waals surface area (Å²) in [6.07, 6.45) is 0. The zero-order chi connectivity index (χ0) is 37.8. The average Bonchev–Trinajstić information content (AvgIpc) is 3.67. The van der Waals surface area contributed by atoms with Crippen LogP contribution in [0.5, 0.6) is 0 Å². The maximum Gasteiger partial charge on any atom is 0.0742 e. The van der Waals surface area contributed by atoms with Crippen LogP contribution in [0.25, 0.3) is 53.6 Å². The van der Waals surface area contributed by atoms with Crippen molar-refractivity contribution in [2.45, 2.75) is 5.41 Å². The highest BCUT2D eigenvalue weighted by atomic mass is 32.1. The molecule has 0 amide bonds. The van der Waals surface area contributed by atoms with E-state index in [1.165, 1.54) is 87.2 Å². The Bertz CT molecular complexity index is 3020. The number of rotatable bonds is 6. The molecule has 57 heavy (non-hydrogen) atoms. The minimum Gasteiger partial charge on any atom is -0.310 e. The first-order valence-corrected chi connectivity index (χ1v) is 20.4. The summed E-state index contributed by atoms with van der Waals surface area (Å²) < 4.78 is 2.65. The van der Waals surface area contributed by atoms with Crippen molar-refractivity contribution in [2.75, 3.05) is 4.90 Å². The highest BCUT2D eigenvalue weighted by Crippen LogP contribution is 2.58. The fourth-order valence-corrected chi connectivity index (χ4v) is 10.2. The Morgan fingerprint density at radius 2 is 0.825 bits per heavy atom. The van der Waals surface area contributed by atoms with Gasteiger partial charge in [-0.15, -0.1) is 11.3 Å². The second-order valence-electron chi connectivity index (χ2n) is 14.9. The quantitative estimate of drug-likeness (QED) is 0.164. The third kappa shape index (κ3) is 5.44. The molecule has 1 aliphatic heterocycles. The normalized spacial score (nSPS) is 13.0. The number of nitrogens with zero attached hydrogens (tertiary/aromatic N) is 1. The van der Waals surface area contributed by atoms with E-state index in [-0.39, 0.29) is 0 Å². The topological polar surface area (TPSA) is 3.24 Å². The molecular weight excluding hydrogens is 707 g/mol. The van der Waals surface area contributed by atoms with Gasteiger partial charge in [0.1, 0.15) is 0 Å². The van der Waals surface area contributed by atoms with Crippen LogP contribution < -0.4 is 4.90 Å². The van der Waals surface area contributed by atoms with Gasteiger partial charge in [-0.2, -0.15) is 0 Å². The summed E-state index contributed by atoms with van der Waals surface area (Å²) in [7, 11) is 0. The summed E-state index contributed by atoms with van der Waals surface area (Å²) >= 11 is 1.86. The van der Waals surface area contributed by atoms with Crippen LogP contribution in [0.4, 0.5) is 17.1 Å². The Morgan fingerprint density at radius 3 is 1.56 bits per heavy atom. The fraction of sp³-hybridized carbons (Fsp3) is 0.0182. The summed E-state index contributed by atoms with van der Waals surface area (Å²) in [6, 6.07) is 82.7. The van der Waals surface area contributed by atoms with E-state index in [0.29, 0.717) is 0 Å². The van der Waals surface area contributed by atoms with Crippen LogP contribution in [0.1, 0.15) is 22.3 Å². The van der Waals surface area contributed by atoms with Crippen molar-refractivity contribution in [2.24, 2.45) is 0 Å². The molecule has 268 valence electrons. The van der Waals surface area contributed by atoms with Crippen molar-refractivity contribution in [3.63, 3.8) is 0 Å². The van der Waals surface area contributed by atoms with Crippen molar-refractivity contribution < 1.29 is 0 Å². The molecule has 0 aliphatic carbocycles. The van der Waals surface area contributed by atoms with E-state index in [4.69, 9.17) is 0 Å². The predicted octanol–water partition coefficient (Wildman–Crippen LogP) is 15.2. The van der Waals surface area contributed by atoms with Crippen LogP contribution in [-0.4, -0.2) is 0 Å². The van der Waals surface area contributed by atoms with Crippen molar-refractivity contribution >= 4 is 48.6 Å². The van der Waals surface area contributed by atoms with Gasteiger partial charge in [0.05, 0.1) is 16.8 Å². The molecule has 2 heterocycles. The molecule has 0 saturated carbocycles. The second-order valence-corrected chi connectivity index (χ2v) is 16.0. The molecule has 0 saturated heterocycles. The maximum atomic E-state index is 2.46. The van der Waals surface area contributed by atoms with Crippen LogP contribution in [0.3, 0.4) is 0 Å². The molecule has 11 rings (SSSR count). The monoisotopic (exact) mass is 743 g/mol. The summed E-state index contributed by atoms with van der Waals surface area (Å²) in [5.74, 6) is 0. The Morgan fingerprint density at radius 1 is 0.316 bits per heavy atom. The number of para-hydroxylation sites is 1. The minimum absolute atomic E-state index is 0.576. The zero-order valence-electron chi connectivity index (χ0n) is 31.2. The first-order chi connectivity index (χ1) is 28.3. The lowest BCUT2D eigenvalue weighted by molar-refractivity contribution is 0.731. The largest absolute Gasteiger partial charge is 0.310 e. The number of hydrogen-bond acceptors (Lipinski definition) is 2. The van der Waals surface area contributed by atoms with Crippen molar-refractivity contribution in [1.29, 1.82) is 0 Å². The van der Waals surface area contributed by atoms with E-state index in [0.717, 1.165) is 5.69 Å². The molecule has 0 fully saturated rings. The smallest absolute Gasteiger partial charge is 0.0742 e. The van der Waals surface area contributed by atoms with Gasteiger partial charge in [0.15, 0.2) is 0 Å². The van der Waals surface area contributed by atoms with Gasteiger partial charge < -0.3 is 4.90 Å². The van der Waals surface area contributed by atoms with Crippen molar-refractivity contribution in [1.82, 2.24) is 0 Å². The highest BCUT2D eigenvalue weighted by molar-refractivity contribution is 7.25. The predicted molar refractivity (Wildman–Crippen MR) is 242 cm³/mol. The summed E-state index contributed by atoms with van der Waals surface area (Å²) in [6.45, 7) is 0. The Labute approximate surface area is 337 Å². The molecule has 1 nitrogen and oxygen atoms in total. The maximum absolute atomic E-state index is 2.46. The molecule has 9 aromatic carbocycles. The molecule has 0 unspecified atom stereocenters. The summed E-state index contributed by atoms with van der Waals surface area (Å²) in [4.78, 5) is 2.46. The summed E-state index contributed by atoms with van der Waals surface area (Å²) in [5, 5.41) is 2.64. The lowest BCUT2D eigenvalue weighted by Gasteiger charge is -2.46. The number of benzene rings is 9.